The lowest BCUT2D eigenvalue weighted by atomic mass is 9.80. The number of nitrogens with zero attached hydrogens (tertiary/aromatic N) is 3. The Bertz CT molecular complexity index is 2130. The molecule has 7 rings (SSSR count). The molecular weight excluding hydrogens is 713 g/mol. The van der Waals surface area contributed by atoms with Gasteiger partial charge in [-0.05, 0) is 17.6 Å². The average molecular weight is 745 g/mol. The van der Waals surface area contributed by atoms with Gasteiger partial charge in [-0.2, -0.15) is 0 Å². The maximum atomic E-state index is 14.2. The smallest absolute Gasteiger partial charge is 0.352 e. The van der Waals surface area contributed by atoms with Crippen molar-refractivity contribution < 1.29 is 29.1 Å². The SMILES string of the molecule is C#CCC(=C1CCNC1=O)C1=C(C(=O)O)N2C(=O)[C@@H](NC(=O)C(=NOC(c3ccccc3)(c3ccccc3)c3ccccc3)c3csc(N)n3)[C@H]2SC1. The van der Waals surface area contributed by atoms with Crippen molar-refractivity contribution in [3.8, 4) is 12.3 Å². The van der Waals surface area contributed by atoms with Crippen LogP contribution in [0.1, 0.15) is 35.2 Å². The summed E-state index contributed by atoms with van der Waals surface area (Å²) in [4.78, 5) is 65.2. The van der Waals surface area contributed by atoms with Gasteiger partial charge in [0.1, 0.15) is 22.8 Å². The highest BCUT2D eigenvalue weighted by Gasteiger charge is 2.55. The summed E-state index contributed by atoms with van der Waals surface area (Å²) in [5.41, 5.74) is 7.66. The molecule has 14 heteroatoms. The number of carbonyl (C=O) groups is 4. The number of rotatable bonds is 11. The molecule has 3 aliphatic heterocycles. The van der Waals surface area contributed by atoms with Crippen LogP contribution in [0, 0.1) is 12.3 Å². The summed E-state index contributed by atoms with van der Waals surface area (Å²) in [5.74, 6) is -0.403. The molecule has 0 bridgehead atoms. The van der Waals surface area contributed by atoms with Crippen molar-refractivity contribution in [3.63, 3.8) is 0 Å². The number of carboxylic acids is 1. The maximum absolute atomic E-state index is 14.2. The molecule has 266 valence electrons. The van der Waals surface area contributed by atoms with Gasteiger partial charge in [-0.1, -0.05) is 96.2 Å². The predicted octanol–water partition coefficient (Wildman–Crippen LogP) is 4.02. The molecule has 2 saturated heterocycles. The van der Waals surface area contributed by atoms with E-state index >= 15 is 0 Å². The van der Waals surface area contributed by atoms with E-state index in [0.717, 1.165) is 32.9 Å². The Morgan fingerprint density at radius 3 is 2.13 bits per heavy atom. The van der Waals surface area contributed by atoms with Gasteiger partial charge in [0.2, 0.25) is 11.5 Å². The number of carbonyl (C=O) groups excluding carboxylic acids is 3. The number of fused-ring (bicyclic) bond motifs is 1. The van der Waals surface area contributed by atoms with Crippen LogP contribution in [0.25, 0.3) is 0 Å². The van der Waals surface area contributed by atoms with E-state index in [1.54, 1.807) is 5.38 Å². The van der Waals surface area contributed by atoms with E-state index in [2.05, 4.69) is 26.7 Å². The molecule has 1 aromatic heterocycles. The van der Waals surface area contributed by atoms with Gasteiger partial charge in [0, 0.05) is 46.4 Å². The number of benzene rings is 3. The van der Waals surface area contributed by atoms with Crippen molar-refractivity contribution in [1.82, 2.24) is 20.5 Å². The first-order chi connectivity index (χ1) is 25.7. The first-order valence-corrected chi connectivity index (χ1v) is 18.5. The molecule has 0 saturated carbocycles. The summed E-state index contributed by atoms with van der Waals surface area (Å²) in [6, 6.07) is 27.3. The number of hydrogen-bond donors (Lipinski definition) is 4. The van der Waals surface area contributed by atoms with Gasteiger partial charge in [0.05, 0.1) is 0 Å². The fraction of sp³-hybridized carbons (Fsp3) is 0.179. The van der Waals surface area contributed by atoms with Crippen molar-refractivity contribution in [2.24, 2.45) is 5.16 Å². The lowest BCUT2D eigenvalue weighted by molar-refractivity contribution is -0.150. The van der Waals surface area contributed by atoms with Crippen LogP contribution in [-0.2, 0) is 29.6 Å². The Hall–Kier alpha value is -6.17. The number of nitrogens with one attached hydrogen (secondary N) is 2. The molecule has 2 atom stereocenters. The molecule has 0 unspecified atom stereocenters. The van der Waals surface area contributed by atoms with Crippen LogP contribution in [0.2, 0.25) is 0 Å². The minimum absolute atomic E-state index is 0.0231. The first-order valence-electron chi connectivity index (χ1n) is 16.5. The highest BCUT2D eigenvalue weighted by atomic mass is 32.2. The molecule has 5 N–H and O–H groups in total. The lowest BCUT2D eigenvalue weighted by Gasteiger charge is -2.49. The van der Waals surface area contributed by atoms with Gasteiger partial charge in [-0.15, -0.1) is 35.4 Å². The molecule has 12 nitrogen and oxygen atoms in total. The van der Waals surface area contributed by atoms with Gasteiger partial charge in [-0.3, -0.25) is 19.3 Å². The molecule has 0 spiro atoms. The van der Waals surface area contributed by atoms with E-state index in [0.29, 0.717) is 29.7 Å². The summed E-state index contributed by atoms with van der Waals surface area (Å²) in [5, 5.41) is 21.3. The Morgan fingerprint density at radius 1 is 1.04 bits per heavy atom. The van der Waals surface area contributed by atoms with Crippen molar-refractivity contribution in [2.75, 3.05) is 18.0 Å². The fourth-order valence-electron chi connectivity index (χ4n) is 6.76. The van der Waals surface area contributed by atoms with Gasteiger partial charge in [0.15, 0.2) is 10.8 Å². The fourth-order valence-corrected chi connectivity index (χ4v) is 8.69. The van der Waals surface area contributed by atoms with Crippen LogP contribution in [-0.4, -0.2) is 68.1 Å². The van der Waals surface area contributed by atoms with Crippen molar-refractivity contribution in [1.29, 1.82) is 0 Å². The molecule has 4 aromatic rings. The Kier molecular flexibility index (Phi) is 9.86. The van der Waals surface area contributed by atoms with E-state index in [4.69, 9.17) is 17.0 Å². The third-order valence-electron chi connectivity index (χ3n) is 9.19. The molecule has 53 heavy (non-hydrogen) atoms. The standard InChI is InChI=1S/C39H32N6O6S2/c1-2-12-26(27-19-20-41-33(27)46)28-21-52-36-31(35(48)45(36)32(28)37(49)50)43-34(47)30(29-22-53-38(40)42-29)44-51-39(23-13-6-3-7-14-23,24-15-8-4-9-16-24)25-17-10-5-11-18-25/h1,3-11,13-18,22,31,36H,12,19-21H2,(H2,40,42)(H,41,46)(H,43,47)(H,49,50)/t31-,36-/m1/s1. The van der Waals surface area contributed by atoms with Crippen molar-refractivity contribution in [3.05, 3.63) is 141 Å². The van der Waals surface area contributed by atoms with Crippen molar-refractivity contribution >= 4 is 57.6 Å². The number of oxime groups is 1. The topological polar surface area (TPSA) is 176 Å². The van der Waals surface area contributed by atoms with Crippen LogP contribution >= 0.6 is 23.1 Å². The zero-order valence-corrected chi connectivity index (χ0v) is 29.7. The highest BCUT2D eigenvalue weighted by Crippen LogP contribution is 2.44. The largest absolute Gasteiger partial charge is 0.477 e. The average Bonchev–Trinajstić information content (AvgIpc) is 3.82. The number of aliphatic carboxylic acids is 1. The second kappa shape index (κ2) is 14.8. The van der Waals surface area contributed by atoms with Crippen LogP contribution < -0.4 is 16.4 Å². The number of carboxylic acid groups (broad SMARTS) is 1. The van der Waals surface area contributed by atoms with Crippen LogP contribution in [0.4, 0.5) is 5.13 Å². The normalized spacial score (nSPS) is 19.5. The molecule has 3 aliphatic rings. The summed E-state index contributed by atoms with van der Waals surface area (Å²) in [6.45, 7) is 0.409. The second-order valence-corrected chi connectivity index (χ2v) is 14.2. The Balaban J connectivity index is 1.25. The van der Waals surface area contributed by atoms with Crippen LogP contribution in [0.15, 0.2) is 124 Å². The maximum Gasteiger partial charge on any atom is 0.352 e. The molecule has 4 heterocycles. The number of allylic oxidation sites excluding steroid dienone is 1. The van der Waals surface area contributed by atoms with E-state index in [1.807, 2.05) is 91.0 Å². The third-order valence-corrected chi connectivity index (χ3v) is 11.1. The van der Waals surface area contributed by atoms with E-state index in [9.17, 15) is 24.3 Å². The van der Waals surface area contributed by atoms with Crippen molar-refractivity contribution in [2.45, 2.75) is 29.9 Å². The number of amides is 3. The lowest BCUT2D eigenvalue weighted by Crippen LogP contribution is -2.71. The Labute approximate surface area is 312 Å². The number of nitrogen functional groups attached to an aromatic ring is 1. The van der Waals surface area contributed by atoms with Crippen LogP contribution in [0.5, 0.6) is 0 Å². The third kappa shape index (κ3) is 6.45. The first kappa shape index (κ1) is 35.2. The minimum Gasteiger partial charge on any atom is -0.477 e. The number of thioether (sulfide) groups is 1. The zero-order chi connectivity index (χ0) is 37.1. The van der Waals surface area contributed by atoms with E-state index < -0.39 is 34.8 Å². The number of anilines is 1. The molecular formula is C39H32N6O6S2. The number of aromatic nitrogens is 1. The number of hydrogen-bond acceptors (Lipinski definition) is 10. The molecule has 0 aliphatic carbocycles. The van der Waals surface area contributed by atoms with Crippen LogP contribution in [0.3, 0.4) is 0 Å². The minimum atomic E-state index is -1.34. The zero-order valence-electron chi connectivity index (χ0n) is 28.0. The number of terminal acetylenes is 1. The summed E-state index contributed by atoms with van der Waals surface area (Å²) < 4.78 is 0. The molecule has 3 amide bonds. The number of β-lactam (4-membered cyclic amide) rings is 1. The number of thiazole rings is 1. The Morgan fingerprint density at radius 2 is 1.64 bits per heavy atom. The van der Waals surface area contributed by atoms with Gasteiger partial charge >= 0.3 is 5.97 Å². The van der Waals surface area contributed by atoms with E-state index in [1.165, 1.54) is 11.8 Å². The van der Waals surface area contributed by atoms with E-state index in [-0.39, 0.29) is 40.3 Å². The summed E-state index contributed by atoms with van der Waals surface area (Å²) in [6.07, 6.45) is 6.04. The molecule has 2 fully saturated rings. The number of nitrogens with two attached hydrogens (primary N) is 1. The van der Waals surface area contributed by atoms with Gasteiger partial charge < -0.3 is 26.3 Å². The highest BCUT2D eigenvalue weighted by molar-refractivity contribution is 8.00. The van der Waals surface area contributed by atoms with Gasteiger partial charge in [-0.25, -0.2) is 9.78 Å². The monoisotopic (exact) mass is 744 g/mol. The molecule has 3 aromatic carbocycles. The second-order valence-electron chi connectivity index (χ2n) is 12.2. The quantitative estimate of drug-likeness (QED) is 0.0442. The molecule has 0 radical (unpaired) electrons. The summed E-state index contributed by atoms with van der Waals surface area (Å²) in [7, 11) is 0. The van der Waals surface area contributed by atoms with Gasteiger partial charge in [0.25, 0.3) is 11.8 Å². The predicted molar refractivity (Wildman–Crippen MR) is 201 cm³/mol. The summed E-state index contributed by atoms with van der Waals surface area (Å²) >= 11 is 2.37.